The lowest BCUT2D eigenvalue weighted by molar-refractivity contribution is 1.51. The summed E-state index contributed by atoms with van der Waals surface area (Å²) in [6.45, 7) is 0. The molecule has 0 aliphatic heterocycles. The second-order valence-electron chi connectivity index (χ2n) is 2.06. The van der Waals surface area contributed by atoms with E-state index >= 15 is 0 Å². The van der Waals surface area contributed by atoms with Crippen LogP contribution in [-0.2, 0) is 0 Å². The van der Waals surface area contributed by atoms with Crippen molar-refractivity contribution in [3.8, 4) is 0 Å². The van der Waals surface area contributed by atoms with Gasteiger partial charge in [0.15, 0.2) is 0 Å². The molecule has 0 unspecified atom stereocenters. The van der Waals surface area contributed by atoms with Crippen LogP contribution < -0.4 is 0 Å². The van der Waals surface area contributed by atoms with Gasteiger partial charge in [0.2, 0.25) is 0 Å². The molecule has 0 fully saturated rings. The standard InChI is InChI=1S/C7H5NS2/c9-6-1-2-7-5(3-6)4-10-8-7/h1-4,9H. The minimum absolute atomic E-state index is 0.993. The second-order valence-corrected chi connectivity index (χ2v) is 3.20. The first-order valence-corrected chi connectivity index (χ1v) is 4.18. The van der Waals surface area contributed by atoms with Crippen molar-refractivity contribution >= 4 is 35.1 Å². The van der Waals surface area contributed by atoms with E-state index in [1.807, 2.05) is 23.6 Å². The van der Waals surface area contributed by atoms with E-state index in [2.05, 4.69) is 17.0 Å². The SMILES string of the molecule is Sc1ccc2nscc2c1. The van der Waals surface area contributed by atoms with Crippen LogP contribution in [-0.4, -0.2) is 4.37 Å². The van der Waals surface area contributed by atoms with Gasteiger partial charge in [0.25, 0.3) is 0 Å². The molecule has 2 rings (SSSR count). The molecule has 0 amide bonds. The zero-order valence-electron chi connectivity index (χ0n) is 5.11. The maximum atomic E-state index is 4.21. The number of fused-ring (bicyclic) bond motifs is 1. The molecule has 50 valence electrons. The van der Waals surface area contributed by atoms with Crippen molar-refractivity contribution in [2.45, 2.75) is 4.90 Å². The summed E-state index contributed by atoms with van der Waals surface area (Å²) in [5.74, 6) is 0. The van der Waals surface area contributed by atoms with Gasteiger partial charge in [-0.15, -0.1) is 12.6 Å². The van der Waals surface area contributed by atoms with Crippen molar-refractivity contribution < 1.29 is 0 Å². The van der Waals surface area contributed by atoms with Crippen LogP contribution in [0.3, 0.4) is 0 Å². The van der Waals surface area contributed by atoms with Gasteiger partial charge in [-0.25, -0.2) is 0 Å². The molecule has 2 aromatic rings. The number of hydrogen-bond acceptors (Lipinski definition) is 3. The molecule has 0 N–H and O–H groups in total. The molecular weight excluding hydrogens is 162 g/mol. The van der Waals surface area contributed by atoms with Crippen molar-refractivity contribution in [1.29, 1.82) is 0 Å². The molecule has 3 heteroatoms. The highest BCUT2D eigenvalue weighted by atomic mass is 32.1. The summed E-state index contributed by atoms with van der Waals surface area (Å²) in [7, 11) is 0. The normalized spacial score (nSPS) is 10.5. The summed E-state index contributed by atoms with van der Waals surface area (Å²) < 4.78 is 4.17. The van der Waals surface area contributed by atoms with Gasteiger partial charge < -0.3 is 0 Å². The van der Waals surface area contributed by atoms with E-state index in [-0.39, 0.29) is 0 Å². The van der Waals surface area contributed by atoms with Gasteiger partial charge in [-0.05, 0) is 29.7 Å². The lowest BCUT2D eigenvalue weighted by atomic mass is 10.3. The Balaban J connectivity index is 2.86. The average molecular weight is 167 g/mol. The Labute approximate surface area is 68.3 Å². The van der Waals surface area contributed by atoms with Gasteiger partial charge >= 0.3 is 0 Å². The highest BCUT2D eigenvalue weighted by molar-refractivity contribution is 7.80. The molecule has 0 bridgehead atoms. The van der Waals surface area contributed by atoms with Crippen molar-refractivity contribution in [2.24, 2.45) is 0 Å². The topological polar surface area (TPSA) is 12.9 Å². The van der Waals surface area contributed by atoms with E-state index in [0.717, 1.165) is 10.4 Å². The maximum Gasteiger partial charge on any atom is 0.0841 e. The van der Waals surface area contributed by atoms with E-state index in [0.29, 0.717) is 0 Å². The van der Waals surface area contributed by atoms with Crippen LogP contribution in [0.25, 0.3) is 10.9 Å². The molecule has 0 aliphatic rings. The maximum absolute atomic E-state index is 4.21. The molecule has 1 heterocycles. The summed E-state index contributed by atoms with van der Waals surface area (Å²) in [4.78, 5) is 0.993. The molecule has 0 saturated carbocycles. The number of thiol groups is 1. The van der Waals surface area contributed by atoms with Gasteiger partial charge in [0, 0.05) is 15.7 Å². The molecule has 1 aromatic carbocycles. The lowest BCUT2D eigenvalue weighted by Gasteiger charge is -1.88. The fraction of sp³-hybridized carbons (Fsp3) is 0. The van der Waals surface area contributed by atoms with Crippen LogP contribution in [0.1, 0.15) is 0 Å². The van der Waals surface area contributed by atoms with Crippen molar-refractivity contribution in [1.82, 2.24) is 4.37 Å². The van der Waals surface area contributed by atoms with E-state index in [1.165, 1.54) is 16.9 Å². The molecule has 0 aliphatic carbocycles. The summed E-state index contributed by atoms with van der Waals surface area (Å²) in [6.07, 6.45) is 0. The summed E-state index contributed by atoms with van der Waals surface area (Å²) in [5.41, 5.74) is 1.06. The minimum Gasteiger partial charge on any atom is -0.193 e. The Bertz CT molecular complexity index is 353. The second kappa shape index (κ2) is 2.25. The van der Waals surface area contributed by atoms with Gasteiger partial charge in [0.05, 0.1) is 5.52 Å². The summed E-state index contributed by atoms with van der Waals surface area (Å²) in [6, 6.07) is 5.95. The Hall–Kier alpha value is -0.540. The fourth-order valence-corrected chi connectivity index (χ4v) is 1.71. The van der Waals surface area contributed by atoms with Gasteiger partial charge in [-0.2, -0.15) is 4.37 Å². The largest absolute Gasteiger partial charge is 0.193 e. The first kappa shape index (κ1) is 6.19. The van der Waals surface area contributed by atoms with E-state index in [9.17, 15) is 0 Å². The van der Waals surface area contributed by atoms with Crippen LogP contribution in [0.5, 0.6) is 0 Å². The van der Waals surface area contributed by atoms with Crippen LogP contribution in [0, 0.1) is 0 Å². The van der Waals surface area contributed by atoms with Crippen molar-refractivity contribution in [3.63, 3.8) is 0 Å². The summed E-state index contributed by atoms with van der Waals surface area (Å²) in [5, 5.41) is 3.20. The highest BCUT2D eigenvalue weighted by Gasteiger charge is 1.93. The van der Waals surface area contributed by atoms with Crippen LogP contribution in [0.15, 0.2) is 28.5 Å². The molecule has 0 saturated heterocycles. The number of nitrogens with zero attached hydrogens (tertiary/aromatic N) is 1. The molecular formula is C7H5NS2. The van der Waals surface area contributed by atoms with Gasteiger partial charge in [0.1, 0.15) is 0 Å². The van der Waals surface area contributed by atoms with E-state index < -0.39 is 0 Å². The van der Waals surface area contributed by atoms with Gasteiger partial charge in [-0.3, -0.25) is 0 Å². The zero-order valence-corrected chi connectivity index (χ0v) is 6.82. The third kappa shape index (κ3) is 0.914. The molecule has 0 spiro atoms. The van der Waals surface area contributed by atoms with E-state index in [1.54, 1.807) is 0 Å². The quantitative estimate of drug-likeness (QED) is 0.595. The first-order valence-electron chi connectivity index (χ1n) is 2.89. The molecule has 0 radical (unpaired) electrons. The Kier molecular flexibility index (Phi) is 1.39. The molecule has 1 aromatic heterocycles. The molecule has 1 nitrogen and oxygen atoms in total. The van der Waals surface area contributed by atoms with E-state index in [4.69, 9.17) is 0 Å². The van der Waals surface area contributed by atoms with Crippen LogP contribution in [0.4, 0.5) is 0 Å². The highest BCUT2D eigenvalue weighted by Crippen LogP contribution is 2.18. The number of rotatable bonds is 0. The third-order valence-electron chi connectivity index (χ3n) is 1.34. The molecule has 10 heavy (non-hydrogen) atoms. The van der Waals surface area contributed by atoms with Crippen LogP contribution in [0.2, 0.25) is 0 Å². The Morgan fingerprint density at radius 3 is 3.20 bits per heavy atom. The minimum atomic E-state index is 0.993. The number of aromatic nitrogens is 1. The third-order valence-corrected chi connectivity index (χ3v) is 2.28. The monoisotopic (exact) mass is 167 g/mol. The van der Waals surface area contributed by atoms with Gasteiger partial charge in [-0.1, -0.05) is 0 Å². The Morgan fingerprint density at radius 1 is 1.40 bits per heavy atom. The smallest absolute Gasteiger partial charge is 0.0841 e. The average Bonchev–Trinajstić information content (AvgIpc) is 2.33. The van der Waals surface area contributed by atoms with Crippen LogP contribution >= 0.6 is 24.2 Å². The summed E-state index contributed by atoms with van der Waals surface area (Å²) >= 11 is 5.69. The fourth-order valence-electron chi connectivity index (χ4n) is 0.859. The Morgan fingerprint density at radius 2 is 2.30 bits per heavy atom. The number of benzene rings is 1. The predicted octanol–water partition coefficient (Wildman–Crippen LogP) is 2.58. The molecule has 0 atom stereocenters. The zero-order chi connectivity index (χ0) is 6.97. The first-order chi connectivity index (χ1) is 4.86. The number of hydrogen-bond donors (Lipinski definition) is 1. The lowest BCUT2D eigenvalue weighted by Crippen LogP contribution is -1.66. The van der Waals surface area contributed by atoms with Crippen molar-refractivity contribution in [2.75, 3.05) is 0 Å². The predicted molar refractivity (Wildman–Crippen MR) is 46.9 cm³/mol. The van der Waals surface area contributed by atoms with Crippen molar-refractivity contribution in [3.05, 3.63) is 23.6 Å².